The van der Waals surface area contributed by atoms with Crippen molar-refractivity contribution < 1.29 is 9.59 Å². The van der Waals surface area contributed by atoms with Crippen LogP contribution >= 0.6 is 0 Å². The average molecular weight is 394 g/mol. The van der Waals surface area contributed by atoms with Crippen LogP contribution in [0.2, 0.25) is 0 Å². The number of nitrogens with zero attached hydrogens (tertiary/aromatic N) is 1. The standard InChI is InChI=1S/C23H43N3O2/c1-16(2)21(25-22(27)20-9-7-17(3)8-10-20)23(28)24-11-6-12-26-14-18(4)13-19(5)15-26/h16-21H,6-15H2,1-5H3,(H,24,28)(H,25,27)/t17?,18-,19+,20?,21-/m1/s1. The van der Waals surface area contributed by atoms with Crippen LogP contribution in [0.1, 0.15) is 73.1 Å². The van der Waals surface area contributed by atoms with Crippen molar-refractivity contribution in [3.05, 3.63) is 0 Å². The fourth-order valence-electron chi connectivity index (χ4n) is 4.93. The van der Waals surface area contributed by atoms with Crippen molar-refractivity contribution in [1.82, 2.24) is 15.5 Å². The van der Waals surface area contributed by atoms with E-state index < -0.39 is 6.04 Å². The van der Waals surface area contributed by atoms with Crippen LogP contribution in [0.5, 0.6) is 0 Å². The number of nitrogens with one attached hydrogen (secondary N) is 2. The SMILES string of the molecule is CC1CCC(C(=O)N[C@@H](C(=O)NCCCN2C[C@H](C)C[C@H](C)C2)C(C)C)CC1. The molecule has 0 aromatic rings. The molecule has 5 heteroatoms. The highest BCUT2D eigenvalue weighted by atomic mass is 16.2. The number of hydrogen-bond acceptors (Lipinski definition) is 3. The van der Waals surface area contributed by atoms with E-state index in [1.807, 2.05) is 13.8 Å². The molecule has 0 bridgehead atoms. The Balaban J connectivity index is 1.72. The summed E-state index contributed by atoms with van der Waals surface area (Å²) in [5.41, 5.74) is 0. The van der Waals surface area contributed by atoms with E-state index in [1.165, 1.54) is 19.5 Å². The number of hydrogen-bond donors (Lipinski definition) is 2. The maximum absolute atomic E-state index is 12.7. The monoisotopic (exact) mass is 393 g/mol. The van der Waals surface area contributed by atoms with Gasteiger partial charge in [-0.1, -0.05) is 34.6 Å². The molecule has 0 radical (unpaired) electrons. The molecular formula is C23H43N3O2. The Morgan fingerprint density at radius 1 is 0.964 bits per heavy atom. The maximum Gasteiger partial charge on any atom is 0.242 e. The summed E-state index contributed by atoms with van der Waals surface area (Å²) in [5.74, 6) is 2.45. The van der Waals surface area contributed by atoms with Crippen molar-refractivity contribution in [1.29, 1.82) is 0 Å². The second kappa shape index (κ2) is 11.2. The first kappa shape index (κ1) is 23.2. The van der Waals surface area contributed by atoms with Gasteiger partial charge in [-0.05, 0) is 68.7 Å². The maximum atomic E-state index is 12.7. The van der Waals surface area contributed by atoms with Gasteiger partial charge in [0.15, 0.2) is 0 Å². The van der Waals surface area contributed by atoms with Crippen LogP contribution in [-0.4, -0.2) is 48.9 Å². The summed E-state index contributed by atoms with van der Waals surface area (Å²) in [6.07, 6.45) is 6.42. The van der Waals surface area contributed by atoms with E-state index >= 15 is 0 Å². The highest BCUT2D eigenvalue weighted by Crippen LogP contribution is 2.28. The molecule has 0 spiro atoms. The lowest BCUT2D eigenvalue weighted by Crippen LogP contribution is -2.51. The molecule has 1 aliphatic carbocycles. The minimum absolute atomic E-state index is 0.0343. The molecule has 3 atom stereocenters. The van der Waals surface area contributed by atoms with Crippen LogP contribution in [0, 0.1) is 29.6 Å². The summed E-state index contributed by atoms with van der Waals surface area (Å²) in [6, 6.07) is -0.429. The molecule has 1 saturated heterocycles. The second-order valence-corrected chi connectivity index (χ2v) is 10.0. The third-order valence-corrected chi connectivity index (χ3v) is 6.53. The van der Waals surface area contributed by atoms with Gasteiger partial charge < -0.3 is 15.5 Å². The average Bonchev–Trinajstić information content (AvgIpc) is 2.62. The number of likely N-dealkylation sites (tertiary alicyclic amines) is 1. The molecule has 28 heavy (non-hydrogen) atoms. The van der Waals surface area contributed by atoms with E-state index in [4.69, 9.17) is 0 Å². The lowest BCUT2D eigenvalue weighted by atomic mass is 9.82. The van der Waals surface area contributed by atoms with Crippen LogP contribution in [0.3, 0.4) is 0 Å². The normalized spacial score (nSPS) is 30.1. The molecule has 2 fully saturated rings. The number of carbonyl (C=O) groups excluding carboxylic acids is 2. The van der Waals surface area contributed by atoms with Crippen molar-refractivity contribution in [3.63, 3.8) is 0 Å². The minimum atomic E-state index is -0.429. The van der Waals surface area contributed by atoms with Crippen molar-refractivity contribution in [2.24, 2.45) is 29.6 Å². The Bertz CT molecular complexity index is 490. The van der Waals surface area contributed by atoms with Gasteiger partial charge in [-0.3, -0.25) is 9.59 Å². The van der Waals surface area contributed by atoms with Crippen LogP contribution in [-0.2, 0) is 9.59 Å². The Hall–Kier alpha value is -1.10. The van der Waals surface area contributed by atoms with E-state index in [-0.39, 0.29) is 23.7 Å². The molecule has 5 nitrogen and oxygen atoms in total. The zero-order chi connectivity index (χ0) is 20.7. The van der Waals surface area contributed by atoms with Crippen molar-refractivity contribution in [3.8, 4) is 0 Å². The number of piperidine rings is 1. The molecule has 162 valence electrons. The highest BCUT2D eigenvalue weighted by Gasteiger charge is 2.29. The summed E-state index contributed by atoms with van der Waals surface area (Å²) in [5, 5.41) is 6.10. The zero-order valence-corrected chi connectivity index (χ0v) is 18.8. The first-order chi connectivity index (χ1) is 13.3. The summed E-state index contributed by atoms with van der Waals surface area (Å²) >= 11 is 0. The topological polar surface area (TPSA) is 61.4 Å². The molecule has 0 aromatic carbocycles. The first-order valence-corrected chi connectivity index (χ1v) is 11.6. The van der Waals surface area contributed by atoms with E-state index in [2.05, 4.69) is 36.3 Å². The minimum Gasteiger partial charge on any atom is -0.354 e. The van der Waals surface area contributed by atoms with E-state index in [0.29, 0.717) is 6.54 Å². The van der Waals surface area contributed by atoms with Gasteiger partial charge in [0.25, 0.3) is 0 Å². The number of carbonyl (C=O) groups is 2. The molecule has 0 aromatic heterocycles. The third kappa shape index (κ3) is 7.38. The zero-order valence-electron chi connectivity index (χ0n) is 18.8. The van der Waals surface area contributed by atoms with E-state index in [1.54, 1.807) is 0 Å². The van der Waals surface area contributed by atoms with Crippen molar-refractivity contribution in [2.45, 2.75) is 79.2 Å². The van der Waals surface area contributed by atoms with Gasteiger partial charge in [-0.2, -0.15) is 0 Å². The van der Waals surface area contributed by atoms with E-state index in [0.717, 1.165) is 56.4 Å². The predicted octanol–water partition coefficient (Wildman–Crippen LogP) is 3.44. The lowest BCUT2D eigenvalue weighted by molar-refractivity contribution is -0.132. The smallest absolute Gasteiger partial charge is 0.242 e. The largest absolute Gasteiger partial charge is 0.354 e. The molecule has 1 heterocycles. The quantitative estimate of drug-likeness (QED) is 0.621. The lowest BCUT2D eigenvalue weighted by Gasteiger charge is -2.35. The summed E-state index contributed by atoms with van der Waals surface area (Å²) in [6.45, 7) is 15.0. The van der Waals surface area contributed by atoms with Gasteiger partial charge in [0.05, 0.1) is 0 Å². The highest BCUT2D eigenvalue weighted by molar-refractivity contribution is 5.88. The van der Waals surface area contributed by atoms with Gasteiger partial charge >= 0.3 is 0 Å². The fraction of sp³-hybridized carbons (Fsp3) is 0.913. The van der Waals surface area contributed by atoms with Crippen LogP contribution in [0.15, 0.2) is 0 Å². The van der Waals surface area contributed by atoms with Gasteiger partial charge in [0.2, 0.25) is 11.8 Å². The molecule has 1 aliphatic heterocycles. The molecule has 2 aliphatic rings. The van der Waals surface area contributed by atoms with Gasteiger partial charge in [-0.25, -0.2) is 0 Å². The Morgan fingerprint density at radius 2 is 1.57 bits per heavy atom. The van der Waals surface area contributed by atoms with Gasteiger partial charge in [0.1, 0.15) is 6.04 Å². The summed E-state index contributed by atoms with van der Waals surface area (Å²) in [4.78, 5) is 27.8. The molecule has 0 unspecified atom stereocenters. The summed E-state index contributed by atoms with van der Waals surface area (Å²) in [7, 11) is 0. The van der Waals surface area contributed by atoms with E-state index in [9.17, 15) is 9.59 Å². The molecule has 2 N–H and O–H groups in total. The van der Waals surface area contributed by atoms with Crippen LogP contribution in [0.25, 0.3) is 0 Å². The van der Waals surface area contributed by atoms with Gasteiger partial charge in [0, 0.05) is 25.6 Å². The molecule has 2 rings (SSSR count). The van der Waals surface area contributed by atoms with Crippen molar-refractivity contribution in [2.75, 3.05) is 26.2 Å². The fourth-order valence-corrected chi connectivity index (χ4v) is 4.93. The predicted molar refractivity (Wildman–Crippen MR) is 115 cm³/mol. The second-order valence-electron chi connectivity index (χ2n) is 10.0. The summed E-state index contributed by atoms with van der Waals surface area (Å²) < 4.78 is 0. The first-order valence-electron chi connectivity index (χ1n) is 11.6. The molecule has 1 saturated carbocycles. The Labute approximate surface area is 172 Å². The molecular weight excluding hydrogens is 350 g/mol. The van der Waals surface area contributed by atoms with Crippen LogP contribution in [0.4, 0.5) is 0 Å². The number of amides is 2. The van der Waals surface area contributed by atoms with Gasteiger partial charge in [-0.15, -0.1) is 0 Å². The Morgan fingerprint density at radius 3 is 2.14 bits per heavy atom. The van der Waals surface area contributed by atoms with Crippen LogP contribution < -0.4 is 10.6 Å². The number of rotatable bonds is 8. The Kier molecular flexibility index (Phi) is 9.26. The molecule has 2 amide bonds. The van der Waals surface area contributed by atoms with Crippen molar-refractivity contribution >= 4 is 11.8 Å². The third-order valence-electron chi connectivity index (χ3n) is 6.53.